The second-order valence-electron chi connectivity index (χ2n) is 3.45. The smallest absolute Gasteiger partial charge is 0.230 e. The van der Waals surface area contributed by atoms with Gasteiger partial charge in [-0.2, -0.15) is 5.10 Å². The number of benzene rings is 1. The van der Waals surface area contributed by atoms with Gasteiger partial charge in [0.2, 0.25) is 6.41 Å². The monoisotopic (exact) mass is 188 g/mol. The van der Waals surface area contributed by atoms with Crippen molar-refractivity contribution in [2.45, 2.75) is 19.4 Å². The van der Waals surface area contributed by atoms with Gasteiger partial charge in [-0.3, -0.25) is 4.79 Å². The highest BCUT2D eigenvalue weighted by molar-refractivity contribution is 6.02. The normalized spacial score (nSPS) is 20.8. The minimum Gasteiger partial charge on any atom is -0.277 e. The van der Waals surface area contributed by atoms with Gasteiger partial charge in [-0.15, -0.1) is 0 Å². The van der Waals surface area contributed by atoms with Crippen molar-refractivity contribution in [2.75, 3.05) is 0 Å². The van der Waals surface area contributed by atoms with Gasteiger partial charge in [0.25, 0.3) is 0 Å². The van der Waals surface area contributed by atoms with Gasteiger partial charge in [0.1, 0.15) is 0 Å². The number of rotatable bonds is 2. The minimum atomic E-state index is 0.183. The highest BCUT2D eigenvalue weighted by Gasteiger charge is 2.22. The molecule has 0 unspecified atom stereocenters. The highest BCUT2D eigenvalue weighted by atomic mass is 16.1. The molecule has 1 aliphatic heterocycles. The van der Waals surface area contributed by atoms with Crippen molar-refractivity contribution in [3.05, 3.63) is 35.9 Å². The summed E-state index contributed by atoms with van der Waals surface area (Å²) in [5, 5.41) is 5.71. The fourth-order valence-corrected chi connectivity index (χ4v) is 1.59. The van der Waals surface area contributed by atoms with E-state index in [0.29, 0.717) is 0 Å². The molecule has 0 radical (unpaired) electrons. The zero-order valence-corrected chi connectivity index (χ0v) is 8.05. The van der Waals surface area contributed by atoms with Crippen molar-refractivity contribution < 1.29 is 4.79 Å². The lowest BCUT2D eigenvalue weighted by atomic mass is 10.1. The van der Waals surface area contributed by atoms with Crippen LogP contribution in [0, 0.1) is 0 Å². The van der Waals surface area contributed by atoms with E-state index >= 15 is 0 Å². The van der Waals surface area contributed by atoms with Crippen molar-refractivity contribution in [3.8, 4) is 0 Å². The molecule has 0 aliphatic carbocycles. The first kappa shape index (κ1) is 8.94. The van der Waals surface area contributed by atoms with E-state index in [2.05, 4.69) is 5.10 Å². The molecule has 2 rings (SSSR count). The van der Waals surface area contributed by atoms with Crippen molar-refractivity contribution in [2.24, 2.45) is 5.10 Å². The fourth-order valence-electron chi connectivity index (χ4n) is 1.59. The Morgan fingerprint density at radius 3 is 2.71 bits per heavy atom. The van der Waals surface area contributed by atoms with Crippen molar-refractivity contribution in [1.82, 2.24) is 5.01 Å². The summed E-state index contributed by atoms with van der Waals surface area (Å²) >= 11 is 0. The van der Waals surface area contributed by atoms with Crippen LogP contribution < -0.4 is 0 Å². The van der Waals surface area contributed by atoms with E-state index in [9.17, 15) is 4.79 Å². The quantitative estimate of drug-likeness (QED) is 0.649. The molecule has 1 heterocycles. The van der Waals surface area contributed by atoms with Crippen molar-refractivity contribution in [3.63, 3.8) is 0 Å². The second kappa shape index (κ2) is 3.62. The molecule has 72 valence electrons. The predicted molar refractivity (Wildman–Crippen MR) is 55.0 cm³/mol. The number of hydrazone groups is 1. The molecular formula is C11H12N2O. The number of carbonyl (C=O) groups is 1. The molecule has 3 nitrogen and oxygen atoms in total. The van der Waals surface area contributed by atoms with Crippen LogP contribution in [-0.4, -0.2) is 23.2 Å². The van der Waals surface area contributed by atoms with Gasteiger partial charge in [-0.1, -0.05) is 30.3 Å². The first-order chi connectivity index (χ1) is 6.81. The highest BCUT2D eigenvalue weighted by Crippen LogP contribution is 2.17. The van der Waals surface area contributed by atoms with Gasteiger partial charge in [0, 0.05) is 6.42 Å². The molecule has 0 saturated carbocycles. The van der Waals surface area contributed by atoms with Gasteiger partial charge >= 0.3 is 0 Å². The molecule has 3 heteroatoms. The SMILES string of the molecule is C[C@@H]1CC(c2ccccc2)=NN1C=O. The molecule has 0 fully saturated rings. The van der Waals surface area contributed by atoms with Gasteiger partial charge in [0.15, 0.2) is 0 Å². The summed E-state index contributed by atoms with van der Waals surface area (Å²) in [7, 11) is 0. The van der Waals surface area contributed by atoms with Crippen LogP contribution in [0.25, 0.3) is 0 Å². The van der Waals surface area contributed by atoms with Crippen LogP contribution in [0.3, 0.4) is 0 Å². The van der Waals surface area contributed by atoms with E-state index in [-0.39, 0.29) is 6.04 Å². The van der Waals surface area contributed by atoms with Crippen LogP contribution in [0.15, 0.2) is 35.4 Å². The zero-order chi connectivity index (χ0) is 9.97. The molecule has 1 aliphatic rings. The topological polar surface area (TPSA) is 32.7 Å². The maximum absolute atomic E-state index is 10.6. The Morgan fingerprint density at radius 2 is 2.14 bits per heavy atom. The first-order valence-corrected chi connectivity index (χ1v) is 4.68. The number of nitrogens with zero attached hydrogens (tertiary/aromatic N) is 2. The summed E-state index contributed by atoms with van der Waals surface area (Å²) in [6.07, 6.45) is 1.61. The van der Waals surface area contributed by atoms with Crippen molar-refractivity contribution in [1.29, 1.82) is 0 Å². The zero-order valence-electron chi connectivity index (χ0n) is 8.05. The molecule has 1 amide bonds. The Kier molecular flexibility index (Phi) is 2.31. The standard InChI is InChI=1S/C11H12N2O/c1-9-7-11(12-13(9)8-14)10-5-3-2-4-6-10/h2-6,8-9H,7H2,1H3/t9-/m1/s1. The lowest BCUT2D eigenvalue weighted by Crippen LogP contribution is -2.21. The molecule has 0 bridgehead atoms. The summed E-state index contributed by atoms with van der Waals surface area (Å²) in [5.41, 5.74) is 2.09. The number of carbonyl (C=O) groups excluding carboxylic acids is 1. The molecule has 0 N–H and O–H groups in total. The van der Waals surface area contributed by atoms with Crippen LogP contribution in [0.1, 0.15) is 18.9 Å². The van der Waals surface area contributed by atoms with E-state index in [1.54, 1.807) is 0 Å². The van der Waals surface area contributed by atoms with E-state index in [1.807, 2.05) is 37.3 Å². The van der Waals surface area contributed by atoms with Crippen LogP contribution in [0.2, 0.25) is 0 Å². The average Bonchev–Trinajstić information content (AvgIpc) is 2.61. The van der Waals surface area contributed by atoms with Crippen molar-refractivity contribution >= 4 is 12.1 Å². The van der Waals surface area contributed by atoms with Crippen LogP contribution in [0.5, 0.6) is 0 Å². The van der Waals surface area contributed by atoms with E-state index in [1.165, 1.54) is 5.01 Å². The van der Waals surface area contributed by atoms with Gasteiger partial charge < -0.3 is 0 Å². The second-order valence-corrected chi connectivity index (χ2v) is 3.45. The molecule has 1 atom stereocenters. The summed E-state index contributed by atoms with van der Waals surface area (Å²) in [4.78, 5) is 10.6. The third kappa shape index (κ3) is 1.53. The summed E-state index contributed by atoms with van der Waals surface area (Å²) in [5.74, 6) is 0. The van der Waals surface area contributed by atoms with Crippen LogP contribution in [-0.2, 0) is 4.79 Å². The lowest BCUT2D eigenvalue weighted by Gasteiger charge is -2.09. The lowest BCUT2D eigenvalue weighted by molar-refractivity contribution is -0.119. The molecule has 0 saturated heterocycles. The van der Waals surface area contributed by atoms with Crippen LogP contribution >= 0.6 is 0 Å². The fraction of sp³-hybridized carbons (Fsp3) is 0.273. The largest absolute Gasteiger partial charge is 0.277 e. The van der Waals surface area contributed by atoms with Gasteiger partial charge in [0.05, 0.1) is 11.8 Å². The number of hydrogen-bond donors (Lipinski definition) is 0. The predicted octanol–water partition coefficient (Wildman–Crippen LogP) is 1.64. The maximum atomic E-state index is 10.6. The Hall–Kier alpha value is -1.64. The summed E-state index contributed by atoms with van der Waals surface area (Å²) in [6.45, 7) is 1.99. The Labute approximate surface area is 83.0 Å². The molecule has 14 heavy (non-hydrogen) atoms. The van der Waals surface area contributed by atoms with Gasteiger partial charge in [-0.05, 0) is 12.5 Å². The Balaban J connectivity index is 2.26. The maximum Gasteiger partial charge on any atom is 0.230 e. The Morgan fingerprint density at radius 1 is 1.43 bits per heavy atom. The van der Waals surface area contributed by atoms with E-state index in [4.69, 9.17) is 0 Å². The molecule has 1 aromatic rings. The third-order valence-corrected chi connectivity index (χ3v) is 2.39. The van der Waals surface area contributed by atoms with E-state index in [0.717, 1.165) is 24.1 Å². The van der Waals surface area contributed by atoms with Gasteiger partial charge in [-0.25, -0.2) is 5.01 Å². The number of hydrogen-bond acceptors (Lipinski definition) is 2. The third-order valence-electron chi connectivity index (χ3n) is 2.39. The van der Waals surface area contributed by atoms with Crippen LogP contribution in [0.4, 0.5) is 0 Å². The number of amides is 1. The molecule has 0 aromatic heterocycles. The first-order valence-electron chi connectivity index (χ1n) is 4.68. The molecule has 1 aromatic carbocycles. The minimum absolute atomic E-state index is 0.183. The Bertz CT molecular complexity index is 359. The molecular weight excluding hydrogens is 176 g/mol. The summed E-state index contributed by atoms with van der Waals surface area (Å²) < 4.78 is 0. The van der Waals surface area contributed by atoms with E-state index < -0.39 is 0 Å². The average molecular weight is 188 g/mol. The summed E-state index contributed by atoms with van der Waals surface area (Å²) in [6, 6.07) is 10.1. The molecule has 0 spiro atoms.